The second-order valence-corrected chi connectivity index (χ2v) is 7.13. The van der Waals surface area contributed by atoms with Crippen LogP contribution in [0.3, 0.4) is 0 Å². The van der Waals surface area contributed by atoms with Crippen LogP contribution in [0.15, 0.2) is 12.4 Å². The zero-order valence-corrected chi connectivity index (χ0v) is 16.2. The first-order valence-electron chi connectivity index (χ1n) is 8.30. The summed E-state index contributed by atoms with van der Waals surface area (Å²) in [6.07, 6.45) is 8.79. The number of aromatic nitrogens is 2. The Morgan fingerprint density at radius 3 is 2.42 bits per heavy atom. The van der Waals surface area contributed by atoms with Crippen LogP contribution in [-0.4, -0.2) is 39.3 Å². The van der Waals surface area contributed by atoms with Crippen LogP contribution in [0.25, 0.3) is 0 Å². The fourth-order valence-electron chi connectivity index (χ4n) is 3.94. The molecule has 2 heterocycles. The molecule has 8 heteroatoms. The summed E-state index contributed by atoms with van der Waals surface area (Å²) in [4.78, 5) is 25.9. The van der Waals surface area contributed by atoms with Gasteiger partial charge < -0.3 is 20.1 Å². The molecule has 124 valence electrons. The second-order valence-electron chi connectivity index (χ2n) is 7.13. The Morgan fingerprint density at radius 2 is 1.92 bits per heavy atom. The maximum absolute atomic E-state index is 12.8. The molecule has 3 aliphatic rings. The van der Waals surface area contributed by atoms with E-state index in [4.69, 9.17) is 0 Å². The number of nitrogens with one attached hydrogen (secondary N) is 1. The average molecular weight is 340 g/mol. The Balaban J connectivity index is 0.00000169. The number of hydrogen-bond acceptors (Lipinski definition) is 5. The summed E-state index contributed by atoms with van der Waals surface area (Å²) in [5, 5.41) is 18.8. The minimum absolute atomic E-state index is 0. The van der Waals surface area contributed by atoms with Crippen LogP contribution in [0.4, 0.5) is 5.69 Å². The van der Waals surface area contributed by atoms with E-state index in [-0.39, 0.29) is 41.0 Å². The van der Waals surface area contributed by atoms with E-state index >= 15 is 0 Å². The number of nitrogens with zero attached hydrogens (tertiary/aromatic N) is 3. The Hall–Kier alpha value is -1.05. The Labute approximate surface area is 163 Å². The predicted octanol–water partition coefficient (Wildman–Crippen LogP) is -3.43. The summed E-state index contributed by atoms with van der Waals surface area (Å²) in [6, 6.07) is -1.23. The number of anilines is 1. The van der Waals surface area contributed by atoms with Gasteiger partial charge in [-0.25, -0.2) is 0 Å². The molecule has 4 rings (SSSR count). The smallest absolute Gasteiger partial charge is 0.548 e. The number of carboxylic acids is 1. The number of carbonyl (C=O) groups is 2. The molecule has 1 amide bonds. The zero-order valence-electron chi connectivity index (χ0n) is 14.2. The fraction of sp³-hybridized carbons (Fsp3) is 0.688. The van der Waals surface area contributed by atoms with Gasteiger partial charge in [0.25, 0.3) is 0 Å². The van der Waals surface area contributed by atoms with Crippen molar-refractivity contribution in [1.82, 2.24) is 15.1 Å². The van der Waals surface area contributed by atoms with Crippen LogP contribution in [0.1, 0.15) is 38.5 Å². The number of amides is 1. The largest absolute Gasteiger partial charge is 1.00 e. The van der Waals surface area contributed by atoms with Crippen molar-refractivity contribution in [2.45, 2.75) is 56.1 Å². The number of rotatable bonds is 5. The molecule has 0 bridgehead atoms. The molecule has 1 saturated heterocycles. The summed E-state index contributed by atoms with van der Waals surface area (Å²) in [5.74, 6) is -0.564. The molecule has 1 aromatic heterocycles. The standard InChI is InChI=1S/C16H22N4O3.Na/c1-19-9-11(8-17-19)20-12(4-5-13(20)15(22)23)14(21)18-16(6-7-16)10-2-3-10;/h8-10,12-13H,2-7H2,1H3,(H,18,21)(H,22,23);/q;+1/p-1. The molecular weight excluding hydrogens is 319 g/mol. The molecule has 1 N–H and O–H groups in total. The maximum Gasteiger partial charge on any atom is 1.00 e. The molecule has 0 spiro atoms. The van der Waals surface area contributed by atoms with Crippen molar-refractivity contribution in [3.8, 4) is 0 Å². The van der Waals surface area contributed by atoms with Crippen LogP contribution >= 0.6 is 0 Å². The van der Waals surface area contributed by atoms with E-state index in [1.165, 1.54) is 12.8 Å². The number of aryl methyl sites for hydroxylation is 1. The summed E-state index contributed by atoms with van der Waals surface area (Å²) in [5.41, 5.74) is 0.660. The van der Waals surface area contributed by atoms with Gasteiger partial charge >= 0.3 is 29.6 Å². The number of carbonyl (C=O) groups excluding carboxylic acids is 2. The summed E-state index contributed by atoms with van der Waals surface area (Å²) < 4.78 is 1.61. The minimum Gasteiger partial charge on any atom is -0.548 e. The van der Waals surface area contributed by atoms with Gasteiger partial charge in [0.1, 0.15) is 6.04 Å². The van der Waals surface area contributed by atoms with Crippen LogP contribution in [0.5, 0.6) is 0 Å². The van der Waals surface area contributed by atoms with Gasteiger partial charge in [0.2, 0.25) is 5.91 Å². The molecule has 0 radical (unpaired) electrons. The van der Waals surface area contributed by atoms with Crippen molar-refractivity contribution >= 4 is 17.6 Å². The third-order valence-electron chi connectivity index (χ3n) is 5.47. The summed E-state index contributed by atoms with van der Waals surface area (Å²) in [6.45, 7) is 0. The number of hydrogen-bond donors (Lipinski definition) is 1. The summed E-state index contributed by atoms with van der Waals surface area (Å²) >= 11 is 0. The van der Waals surface area contributed by atoms with E-state index in [9.17, 15) is 14.7 Å². The molecule has 1 aliphatic heterocycles. The second kappa shape index (κ2) is 6.35. The van der Waals surface area contributed by atoms with Crippen LogP contribution in [0.2, 0.25) is 0 Å². The third kappa shape index (κ3) is 3.09. The Morgan fingerprint density at radius 1 is 1.25 bits per heavy atom. The molecule has 2 unspecified atom stereocenters. The van der Waals surface area contributed by atoms with E-state index in [1.54, 1.807) is 29.0 Å². The summed E-state index contributed by atoms with van der Waals surface area (Å²) in [7, 11) is 1.77. The third-order valence-corrected chi connectivity index (χ3v) is 5.47. The average Bonchev–Trinajstić information content (AvgIpc) is 3.39. The van der Waals surface area contributed by atoms with Crippen molar-refractivity contribution < 1.29 is 44.3 Å². The van der Waals surface area contributed by atoms with Crippen molar-refractivity contribution in [3.05, 3.63) is 12.4 Å². The van der Waals surface area contributed by atoms with Crippen LogP contribution in [-0.2, 0) is 16.6 Å². The SMILES string of the molecule is Cn1cc(N2C(C(=O)[O-])CCC2C(=O)NC2(C3CC3)CC2)cn1.[Na+]. The molecule has 1 aromatic rings. The van der Waals surface area contributed by atoms with Crippen molar-refractivity contribution in [2.75, 3.05) is 4.90 Å². The van der Waals surface area contributed by atoms with Crippen molar-refractivity contribution in [3.63, 3.8) is 0 Å². The molecule has 2 aliphatic carbocycles. The molecule has 3 fully saturated rings. The molecular formula is C16H21N4NaO3. The van der Waals surface area contributed by atoms with Crippen molar-refractivity contribution in [2.24, 2.45) is 13.0 Å². The van der Waals surface area contributed by atoms with Gasteiger partial charge in [-0.1, -0.05) is 0 Å². The molecule has 2 saturated carbocycles. The van der Waals surface area contributed by atoms with E-state index in [0.29, 0.717) is 24.4 Å². The first-order chi connectivity index (χ1) is 11.0. The van der Waals surface area contributed by atoms with Gasteiger partial charge in [-0.2, -0.15) is 5.10 Å². The molecule has 24 heavy (non-hydrogen) atoms. The van der Waals surface area contributed by atoms with E-state index < -0.39 is 18.1 Å². The molecule has 0 aromatic carbocycles. The monoisotopic (exact) mass is 340 g/mol. The number of carboxylic acid groups (broad SMARTS) is 1. The fourth-order valence-corrected chi connectivity index (χ4v) is 3.94. The van der Waals surface area contributed by atoms with E-state index in [2.05, 4.69) is 10.4 Å². The van der Waals surface area contributed by atoms with Crippen molar-refractivity contribution in [1.29, 1.82) is 0 Å². The topological polar surface area (TPSA) is 90.3 Å². The normalized spacial score (nSPS) is 27.5. The first kappa shape index (κ1) is 17.8. The Bertz CT molecular complexity index is 654. The van der Waals surface area contributed by atoms with Gasteiger partial charge in [0.05, 0.1) is 23.9 Å². The maximum atomic E-state index is 12.8. The zero-order chi connectivity index (χ0) is 16.2. The van der Waals surface area contributed by atoms with Gasteiger partial charge in [-0.15, -0.1) is 0 Å². The predicted molar refractivity (Wildman–Crippen MR) is 80.3 cm³/mol. The molecule has 2 atom stereocenters. The van der Waals surface area contributed by atoms with E-state index in [0.717, 1.165) is 12.8 Å². The van der Waals surface area contributed by atoms with Gasteiger partial charge in [0.15, 0.2) is 0 Å². The quantitative estimate of drug-likeness (QED) is 0.564. The first-order valence-corrected chi connectivity index (χ1v) is 8.30. The Kier molecular flexibility index (Phi) is 4.70. The van der Waals surface area contributed by atoms with Gasteiger partial charge in [0, 0.05) is 18.8 Å². The van der Waals surface area contributed by atoms with Gasteiger partial charge in [-0.3, -0.25) is 9.48 Å². The number of aliphatic carboxylic acids is 1. The molecule has 7 nitrogen and oxygen atoms in total. The van der Waals surface area contributed by atoms with Gasteiger partial charge in [-0.05, 0) is 44.4 Å². The minimum atomic E-state index is -1.13. The van der Waals surface area contributed by atoms with Crippen LogP contribution < -0.4 is 44.9 Å². The van der Waals surface area contributed by atoms with E-state index in [1.807, 2.05) is 0 Å². The van der Waals surface area contributed by atoms with Crippen LogP contribution in [0, 0.1) is 5.92 Å².